The maximum absolute atomic E-state index is 13.1. The molecule has 0 aliphatic carbocycles. The monoisotopic (exact) mass is 386 g/mol. The fraction of sp³-hybridized carbons (Fsp3) is 0.211. The second-order valence-corrected chi connectivity index (χ2v) is 6.38. The van der Waals surface area contributed by atoms with Gasteiger partial charge in [0, 0.05) is 11.3 Å². The van der Waals surface area contributed by atoms with E-state index >= 15 is 0 Å². The predicted octanol–water partition coefficient (Wildman–Crippen LogP) is 4.92. The van der Waals surface area contributed by atoms with Gasteiger partial charge in [0.1, 0.15) is 11.9 Å². The van der Waals surface area contributed by atoms with Crippen molar-refractivity contribution in [1.29, 1.82) is 0 Å². The lowest BCUT2D eigenvalue weighted by molar-refractivity contribution is 0.159. The Morgan fingerprint density at radius 3 is 2.56 bits per heavy atom. The summed E-state index contributed by atoms with van der Waals surface area (Å²) < 4.78 is 18.7. The van der Waals surface area contributed by atoms with Crippen LogP contribution in [0.1, 0.15) is 24.4 Å². The molecule has 0 radical (unpaired) electrons. The minimum Gasteiger partial charge on any atom is -0.418 e. The van der Waals surface area contributed by atoms with Gasteiger partial charge in [-0.25, -0.2) is 9.24 Å². The van der Waals surface area contributed by atoms with Crippen LogP contribution >= 0.6 is 11.6 Å². The molecule has 1 heterocycles. The summed E-state index contributed by atoms with van der Waals surface area (Å²) in [7, 11) is 0. The van der Waals surface area contributed by atoms with Gasteiger partial charge in [-0.2, -0.15) is 0 Å². The predicted molar refractivity (Wildman–Crippen MR) is 100 cm³/mol. The van der Waals surface area contributed by atoms with Crippen LogP contribution in [0.3, 0.4) is 0 Å². The highest BCUT2D eigenvalue weighted by Gasteiger charge is 2.25. The third-order valence-electron chi connectivity index (χ3n) is 4.08. The number of aromatic nitrogens is 2. The highest BCUT2D eigenvalue weighted by molar-refractivity contribution is 6.34. The van der Waals surface area contributed by atoms with Gasteiger partial charge < -0.3 is 14.8 Å². The molecule has 0 fully saturated rings. The second-order valence-electron chi connectivity index (χ2n) is 6.00. The van der Waals surface area contributed by atoms with E-state index in [9.17, 15) is 9.50 Å². The third kappa shape index (κ3) is 3.92. The van der Waals surface area contributed by atoms with Crippen LogP contribution in [0.15, 0.2) is 40.8 Å². The van der Waals surface area contributed by atoms with E-state index in [1.807, 2.05) is 0 Å². The van der Waals surface area contributed by atoms with Crippen molar-refractivity contribution in [3.63, 3.8) is 0 Å². The van der Waals surface area contributed by atoms with Crippen molar-refractivity contribution in [2.45, 2.75) is 26.0 Å². The van der Waals surface area contributed by atoms with Crippen LogP contribution in [-0.2, 0) is 0 Å². The fourth-order valence-electron chi connectivity index (χ4n) is 2.54. The molecule has 0 spiro atoms. The van der Waals surface area contributed by atoms with Crippen molar-refractivity contribution < 1.29 is 13.9 Å². The Balaban J connectivity index is 1.90. The van der Waals surface area contributed by atoms with Crippen LogP contribution in [0.4, 0.5) is 15.8 Å². The maximum atomic E-state index is 13.1. The van der Waals surface area contributed by atoms with Gasteiger partial charge in [0.2, 0.25) is 17.5 Å². The number of rotatable bonds is 5. The zero-order valence-corrected chi connectivity index (χ0v) is 15.3. The Hall–Kier alpha value is -2.95. The summed E-state index contributed by atoms with van der Waals surface area (Å²) in [6, 6.07) is 8.28. The molecular formula is C19H16ClFN4O2. The van der Waals surface area contributed by atoms with Gasteiger partial charge in [-0.1, -0.05) is 17.7 Å². The largest absolute Gasteiger partial charge is 0.418 e. The molecule has 0 aliphatic heterocycles. The molecule has 3 rings (SSSR count). The van der Waals surface area contributed by atoms with Crippen molar-refractivity contribution in [2.75, 3.05) is 5.32 Å². The number of halogens is 2. The number of hydrogen-bond acceptors (Lipinski definition) is 5. The van der Waals surface area contributed by atoms with Gasteiger partial charge in [0.05, 0.1) is 17.7 Å². The molecule has 138 valence electrons. The first-order valence-corrected chi connectivity index (χ1v) is 8.49. The Morgan fingerprint density at radius 2 is 1.93 bits per heavy atom. The number of hydrogen-bond donors (Lipinski definition) is 2. The molecular weight excluding hydrogens is 371 g/mol. The van der Waals surface area contributed by atoms with Gasteiger partial charge in [-0.15, -0.1) is 10.2 Å². The molecule has 2 atom stereocenters. The SMILES string of the molecule is [C-]#[N+]c1ccc(N[C@@H](c2nnc(-c3ccc(F)cc3)o2)[C@H](C)O)c(C)c1Cl. The van der Waals surface area contributed by atoms with Crippen molar-refractivity contribution >= 4 is 23.0 Å². The minimum absolute atomic E-state index is 0.175. The maximum Gasteiger partial charge on any atom is 0.247 e. The number of aliphatic hydroxyl groups is 1. The molecule has 0 unspecified atom stereocenters. The molecule has 0 saturated heterocycles. The van der Waals surface area contributed by atoms with Crippen LogP contribution < -0.4 is 5.32 Å². The zero-order chi connectivity index (χ0) is 19.6. The minimum atomic E-state index is -0.856. The van der Waals surface area contributed by atoms with E-state index in [1.54, 1.807) is 26.0 Å². The quantitative estimate of drug-likeness (QED) is 0.608. The van der Waals surface area contributed by atoms with E-state index < -0.39 is 12.1 Å². The lowest BCUT2D eigenvalue weighted by Crippen LogP contribution is -2.23. The van der Waals surface area contributed by atoms with Crippen molar-refractivity contribution in [3.05, 3.63) is 70.1 Å². The van der Waals surface area contributed by atoms with Crippen LogP contribution in [0.5, 0.6) is 0 Å². The molecule has 2 aromatic carbocycles. The standard InChI is InChI=1S/C19H16ClFN4O2/c1-10-14(8-9-15(22-3)16(10)20)23-17(11(2)26)19-25-24-18(27-19)12-4-6-13(21)7-5-12/h4-9,11,17,23,26H,1-2H3/t11-,17+/m0/s1. The highest BCUT2D eigenvalue weighted by Crippen LogP contribution is 2.35. The van der Waals surface area contributed by atoms with E-state index in [2.05, 4.69) is 20.4 Å². The molecule has 0 amide bonds. The number of benzene rings is 2. The van der Waals surface area contributed by atoms with Gasteiger partial charge in [-0.3, -0.25) is 0 Å². The molecule has 1 aromatic heterocycles. The average Bonchev–Trinajstić information content (AvgIpc) is 3.13. The summed E-state index contributed by atoms with van der Waals surface area (Å²) >= 11 is 6.21. The summed E-state index contributed by atoms with van der Waals surface area (Å²) in [6.45, 7) is 10.5. The number of aliphatic hydroxyl groups excluding tert-OH is 1. The Kier molecular flexibility index (Phi) is 5.40. The van der Waals surface area contributed by atoms with E-state index in [0.717, 1.165) is 0 Å². The molecule has 0 aliphatic rings. The van der Waals surface area contributed by atoms with Crippen LogP contribution in [0, 0.1) is 19.3 Å². The summed E-state index contributed by atoms with van der Waals surface area (Å²) in [5, 5.41) is 21.6. The smallest absolute Gasteiger partial charge is 0.247 e. The van der Waals surface area contributed by atoms with Crippen LogP contribution in [0.25, 0.3) is 16.3 Å². The molecule has 27 heavy (non-hydrogen) atoms. The Bertz CT molecular complexity index is 996. The van der Waals surface area contributed by atoms with Crippen molar-refractivity contribution in [1.82, 2.24) is 10.2 Å². The molecule has 0 saturated carbocycles. The average molecular weight is 387 g/mol. The lowest BCUT2D eigenvalue weighted by atomic mass is 10.1. The first-order valence-electron chi connectivity index (χ1n) is 8.11. The Morgan fingerprint density at radius 1 is 1.22 bits per heavy atom. The van der Waals surface area contributed by atoms with E-state index in [-0.39, 0.29) is 17.6 Å². The van der Waals surface area contributed by atoms with E-state index in [4.69, 9.17) is 22.6 Å². The van der Waals surface area contributed by atoms with Gasteiger partial charge in [0.15, 0.2) is 0 Å². The number of nitrogens with one attached hydrogen (secondary N) is 1. The first kappa shape index (κ1) is 18.8. The number of nitrogens with zero attached hydrogens (tertiary/aromatic N) is 3. The zero-order valence-electron chi connectivity index (χ0n) is 14.6. The second kappa shape index (κ2) is 7.74. The summed E-state index contributed by atoms with van der Waals surface area (Å²) in [4.78, 5) is 3.36. The normalized spacial score (nSPS) is 13.0. The van der Waals surface area contributed by atoms with Crippen molar-refractivity contribution in [3.8, 4) is 11.5 Å². The molecule has 2 N–H and O–H groups in total. The Labute approximate surface area is 160 Å². The topological polar surface area (TPSA) is 75.5 Å². The van der Waals surface area contributed by atoms with Gasteiger partial charge in [-0.05, 0) is 49.7 Å². The van der Waals surface area contributed by atoms with E-state index in [1.165, 1.54) is 24.3 Å². The summed E-state index contributed by atoms with van der Waals surface area (Å²) in [5.41, 5.74) is 2.23. The lowest BCUT2D eigenvalue weighted by Gasteiger charge is -2.21. The summed E-state index contributed by atoms with van der Waals surface area (Å²) in [6.07, 6.45) is -0.856. The molecule has 0 bridgehead atoms. The molecule has 8 heteroatoms. The fourth-order valence-corrected chi connectivity index (χ4v) is 2.75. The highest BCUT2D eigenvalue weighted by atomic mass is 35.5. The third-order valence-corrected chi connectivity index (χ3v) is 4.55. The van der Waals surface area contributed by atoms with Crippen molar-refractivity contribution in [2.24, 2.45) is 0 Å². The first-order chi connectivity index (χ1) is 12.9. The van der Waals surface area contributed by atoms with Crippen LogP contribution in [-0.4, -0.2) is 21.4 Å². The van der Waals surface area contributed by atoms with Gasteiger partial charge >= 0.3 is 0 Å². The number of anilines is 1. The molecule has 3 aromatic rings. The summed E-state index contributed by atoms with van der Waals surface area (Å²) in [5.74, 6) is 0.0295. The van der Waals surface area contributed by atoms with E-state index in [0.29, 0.717) is 27.5 Å². The molecule has 6 nitrogen and oxygen atoms in total. The van der Waals surface area contributed by atoms with Gasteiger partial charge in [0.25, 0.3) is 0 Å². The van der Waals surface area contributed by atoms with Crippen LogP contribution in [0.2, 0.25) is 5.02 Å².